The van der Waals surface area contributed by atoms with Crippen LogP contribution in [-0.2, 0) is 0 Å². The van der Waals surface area contributed by atoms with Gasteiger partial charge in [-0.25, -0.2) is 0 Å². The summed E-state index contributed by atoms with van der Waals surface area (Å²) in [7, 11) is 0. The number of fused-ring (bicyclic) bond motifs is 3. The standard InChI is InChI=1S/C15H16S/c1-3-11-9-8-10(2)14-12-6-4-5-7-13(12)16-15(11)14/h4-7,9-10H,3,8H2,1-2H3. The van der Waals surface area contributed by atoms with Gasteiger partial charge in [-0.3, -0.25) is 0 Å². The summed E-state index contributed by atoms with van der Waals surface area (Å²) in [5.41, 5.74) is 3.15. The second-order valence-electron chi connectivity index (χ2n) is 4.56. The number of allylic oxidation sites excluding steroid dienone is 2. The summed E-state index contributed by atoms with van der Waals surface area (Å²) in [5.74, 6) is 0.682. The zero-order chi connectivity index (χ0) is 11.1. The van der Waals surface area contributed by atoms with Crippen molar-refractivity contribution in [3.8, 4) is 0 Å². The molecular formula is C15H16S. The molecule has 0 saturated carbocycles. The molecule has 1 aromatic heterocycles. The molecule has 0 spiro atoms. The monoisotopic (exact) mass is 228 g/mol. The first-order chi connectivity index (χ1) is 7.81. The van der Waals surface area contributed by atoms with Crippen molar-refractivity contribution in [2.45, 2.75) is 32.6 Å². The lowest BCUT2D eigenvalue weighted by atomic mass is 9.87. The van der Waals surface area contributed by atoms with Gasteiger partial charge in [0.15, 0.2) is 0 Å². The zero-order valence-corrected chi connectivity index (χ0v) is 10.6. The maximum absolute atomic E-state index is 2.43. The van der Waals surface area contributed by atoms with Crippen molar-refractivity contribution in [2.75, 3.05) is 0 Å². The lowest BCUT2D eigenvalue weighted by Gasteiger charge is -2.19. The van der Waals surface area contributed by atoms with E-state index in [1.54, 1.807) is 16.0 Å². The molecule has 1 atom stereocenters. The van der Waals surface area contributed by atoms with E-state index in [9.17, 15) is 0 Å². The Labute approximate surface area is 101 Å². The maximum Gasteiger partial charge on any atom is 0.0352 e. The Kier molecular flexibility index (Phi) is 2.36. The van der Waals surface area contributed by atoms with Gasteiger partial charge in [0.05, 0.1) is 0 Å². The van der Waals surface area contributed by atoms with Crippen LogP contribution in [-0.4, -0.2) is 0 Å². The summed E-state index contributed by atoms with van der Waals surface area (Å²) >= 11 is 1.97. The molecule has 16 heavy (non-hydrogen) atoms. The highest BCUT2D eigenvalue weighted by Gasteiger charge is 2.22. The number of rotatable bonds is 1. The fourth-order valence-corrected chi connectivity index (χ4v) is 4.06. The van der Waals surface area contributed by atoms with Gasteiger partial charge in [-0.2, -0.15) is 0 Å². The van der Waals surface area contributed by atoms with E-state index in [1.165, 1.54) is 16.5 Å². The van der Waals surface area contributed by atoms with Crippen molar-refractivity contribution in [1.82, 2.24) is 0 Å². The van der Waals surface area contributed by atoms with E-state index in [0.29, 0.717) is 5.92 Å². The smallest absolute Gasteiger partial charge is 0.0352 e. The van der Waals surface area contributed by atoms with Gasteiger partial charge in [0.1, 0.15) is 0 Å². The molecule has 1 aliphatic carbocycles. The summed E-state index contributed by atoms with van der Waals surface area (Å²) in [6, 6.07) is 8.83. The number of thiophene rings is 1. The summed E-state index contributed by atoms with van der Waals surface area (Å²) < 4.78 is 1.45. The number of hydrogen-bond acceptors (Lipinski definition) is 1. The van der Waals surface area contributed by atoms with Crippen molar-refractivity contribution in [3.63, 3.8) is 0 Å². The van der Waals surface area contributed by atoms with E-state index in [4.69, 9.17) is 0 Å². The predicted octanol–water partition coefficient (Wildman–Crippen LogP) is 5.20. The molecule has 82 valence electrons. The summed E-state index contributed by atoms with van der Waals surface area (Å²) in [5, 5.41) is 1.48. The highest BCUT2D eigenvalue weighted by molar-refractivity contribution is 7.20. The van der Waals surface area contributed by atoms with E-state index in [2.05, 4.69) is 44.2 Å². The van der Waals surface area contributed by atoms with Crippen molar-refractivity contribution in [1.29, 1.82) is 0 Å². The Balaban J connectivity index is 2.33. The Hall–Kier alpha value is -1.08. The minimum atomic E-state index is 0.682. The van der Waals surface area contributed by atoms with Crippen LogP contribution in [0.3, 0.4) is 0 Å². The molecule has 1 aromatic carbocycles. The van der Waals surface area contributed by atoms with E-state index in [1.807, 2.05) is 11.3 Å². The Morgan fingerprint density at radius 3 is 2.94 bits per heavy atom. The molecule has 1 heteroatoms. The van der Waals surface area contributed by atoms with Crippen molar-refractivity contribution < 1.29 is 0 Å². The molecule has 0 amide bonds. The molecule has 0 N–H and O–H groups in total. The molecule has 0 saturated heterocycles. The van der Waals surface area contributed by atoms with Crippen LogP contribution in [0.1, 0.15) is 43.0 Å². The van der Waals surface area contributed by atoms with Gasteiger partial charge >= 0.3 is 0 Å². The molecule has 1 aliphatic rings. The third kappa shape index (κ3) is 1.35. The lowest BCUT2D eigenvalue weighted by Crippen LogP contribution is -2.00. The summed E-state index contributed by atoms with van der Waals surface area (Å²) in [6.45, 7) is 4.61. The zero-order valence-electron chi connectivity index (χ0n) is 9.79. The fourth-order valence-electron chi connectivity index (χ4n) is 2.63. The van der Waals surface area contributed by atoms with Gasteiger partial charge in [0.25, 0.3) is 0 Å². The number of hydrogen-bond donors (Lipinski definition) is 0. The van der Waals surface area contributed by atoms with Crippen molar-refractivity contribution in [2.24, 2.45) is 0 Å². The number of benzene rings is 1. The van der Waals surface area contributed by atoms with Gasteiger partial charge in [0, 0.05) is 9.58 Å². The van der Waals surface area contributed by atoms with Crippen LogP contribution in [0, 0.1) is 0 Å². The van der Waals surface area contributed by atoms with Crippen molar-refractivity contribution >= 4 is 27.0 Å². The van der Waals surface area contributed by atoms with E-state index >= 15 is 0 Å². The summed E-state index contributed by atoms with van der Waals surface area (Å²) in [4.78, 5) is 1.54. The van der Waals surface area contributed by atoms with Crippen LogP contribution < -0.4 is 0 Å². The molecule has 0 radical (unpaired) electrons. The van der Waals surface area contributed by atoms with Crippen LogP contribution in [0.25, 0.3) is 15.7 Å². The highest BCUT2D eigenvalue weighted by atomic mass is 32.1. The Morgan fingerprint density at radius 1 is 1.31 bits per heavy atom. The molecule has 3 rings (SSSR count). The first kappa shape index (κ1) is 10.1. The van der Waals surface area contributed by atoms with E-state index < -0.39 is 0 Å². The van der Waals surface area contributed by atoms with Crippen LogP contribution >= 0.6 is 11.3 Å². The maximum atomic E-state index is 2.43. The molecule has 0 fully saturated rings. The second-order valence-corrected chi connectivity index (χ2v) is 5.61. The van der Waals surface area contributed by atoms with Crippen LogP contribution in [0.5, 0.6) is 0 Å². The topological polar surface area (TPSA) is 0 Å². The van der Waals surface area contributed by atoms with Crippen LogP contribution in [0.4, 0.5) is 0 Å². The molecule has 0 aliphatic heterocycles. The Morgan fingerprint density at radius 2 is 2.12 bits per heavy atom. The minimum absolute atomic E-state index is 0.682. The molecule has 2 aromatic rings. The molecule has 0 bridgehead atoms. The average molecular weight is 228 g/mol. The average Bonchev–Trinajstić information content (AvgIpc) is 2.69. The first-order valence-corrected chi connectivity index (χ1v) is 6.83. The normalized spacial score (nSPS) is 19.6. The molecule has 1 unspecified atom stereocenters. The predicted molar refractivity (Wildman–Crippen MR) is 73.1 cm³/mol. The van der Waals surface area contributed by atoms with Gasteiger partial charge in [0.2, 0.25) is 0 Å². The largest absolute Gasteiger partial charge is 0.135 e. The lowest BCUT2D eigenvalue weighted by molar-refractivity contribution is 0.776. The minimum Gasteiger partial charge on any atom is -0.135 e. The second kappa shape index (κ2) is 3.74. The first-order valence-electron chi connectivity index (χ1n) is 6.02. The molecule has 0 nitrogen and oxygen atoms in total. The van der Waals surface area contributed by atoms with Gasteiger partial charge in [-0.15, -0.1) is 11.3 Å². The van der Waals surface area contributed by atoms with E-state index in [-0.39, 0.29) is 0 Å². The fraction of sp³-hybridized carbons (Fsp3) is 0.333. The van der Waals surface area contributed by atoms with Gasteiger partial charge < -0.3 is 0 Å². The van der Waals surface area contributed by atoms with E-state index in [0.717, 1.165) is 6.42 Å². The third-order valence-corrected chi connectivity index (χ3v) is 4.78. The van der Waals surface area contributed by atoms with Gasteiger partial charge in [-0.1, -0.05) is 38.1 Å². The highest BCUT2D eigenvalue weighted by Crippen LogP contribution is 2.45. The molecule has 1 heterocycles. The quantitative estimate of drug-likeness (QED) is 0.629. The van der Waals surface area contributed by atoms with Crippen LogP contribution in [0.15, 0.2) is 30.3 Å². The summed E-state index contributed by atoms with van der Waals surface area (Å²) in [6.07, 6.45) is 4.80. The van der Waals surface area contributed by atoms with Gasteiger partial charge in [-0.05, 0) is 41.3 Å². The third-order valence-electron chi connectivity index (χ3n) is 3.52. The SMILES string of the molecule is CCC1=CCC(C)c2c1sc1ccccc21. The van der Waals surface area contributed by atoms with Crippen molar-refractivity contribution in [3.05, 3.63) is 40.8 Å². The van der Waals surface area contributed by atoms with Crippen LogP contribution in [0.2, 0.25) is 0 Å². The Bertz CT molecular complexity index is 560. The molecular weight excluding hydrogens is 212 g/mol.